The number of fused-ring (bicyclic) bond motifs is 1. The molecule has 2 rings (SSSR count). The summed E-state index contributed by atoms with van der Waals surface area (Å²) >= 11 is 1.39. The molecule has 0 radical (unpaired) electrons. The number of unbranched alkanes of at least 4 members (excludes halogenated alkanes) is 1. The first-order chi connectivity index (χ1) is 13.8. The largest absolute Gasteiger partial charge is 0.454 e. The van der Waals surface area contributed by atoms with Crippen molar-refractivity contribution in [2.75, 3.05) is 39.8 Å². The Bertz CT molecular complexity index is 508. The summed E-state index contributed by atoms with van der Waals surface area (Å²) in [7, 11) is 0. The van der Waals surface area contributed by atoms with Crippen LogP contribution < -0.4 is 9.47 Å². The van der Waals surface area contributed by atoms with E-state index in [0.29, 0.717) is 39.8 Å². The molecular weight excluding hydrogens is 371 g/mol. The van der Waals surface area contributed by atoms with Crippen LogP contribution in [0.15, 0.2) is 12.1 Å². The van der Waals surface area contributed by atoms with E-state index in [-0.39, 0.29) is 0 Å². The molecule has 0 spiro atoms. The average molecular weight is 411 g/mol. The zero-order chi connectivity index (χ0) is 20.5. The monoisotopic (exact) mass is 410 g/mol. The van der Waals surface area contributed by atoms with Crippen LogP contribution in [0.2, 0.25) is 5.28 Å². The van der Waals surface area contributed by atoms with Gasteiger partial charge in [0.15, 0.2) is 11.5 Å². The van der Waals surface area contributed by atoms with E-state index in [1.54, 1.807) is 0 Å². The molecule has 0 aromatic heterocycles. The van der Waals surface area contributed by atoms with Gasteiger partial charge >= 0.3 is 0 Å². The SMILES string of the molecule is CCCCOCCOCCOCc1cc2c(cc1CCC)OCO2.CC[CH2][AlH2]. The van der Waals surface area contributed by atoms with Crippen molar-refractivity contribution in [2.45, 2.75) is 64.8 Å². The maximum absolute atomic E-state index is 5.75. The van der Waals surface area contributed by atoms with Crippen molar-refractivity contribution in [3.63, 3.8) is 0 Å². The highest BCUT2D eigenvalue weighted by Gasteiger charge is 2.16. The summed E-state index contributed by atoms with van der Waals surface area (Å²) in [5, 5.41) is 1.46. The number of ether oxygens (including phenoxy) is 5. The lowest BCUT2D eigenvalue weighted by atomic mass is 10.0. The summed E-state index contributed by atoms with van der Waals surface area (Å²) in [6.45, 7) is 10.7. The van der Waals surface area contributed by atoms with Gasteiger partial charge in [-0.2, -0.15) is 0 Å². The van der Waals surface area contributed by atoms with Gasteiger partial charge in [-0.15, -0.1) is 5.28 Å². The van der Waals surface area contributed by atoms with Gasteiger partial charge in [-0.05, 0) is 36.1 Å². The Morgan fingerprint density at radius 3 is 1.93 bits per heavy atom. The molecule has 1 heterocycles. The predicted octanol–water partition coefficient (Wildman–Crippen LogP) is 4.17. The Morgan fingerprint density at radius 2 is 1.36 bits per heavy atom. The van der Waals surface area contributed by atoms with Gasteiger partial charge in [-0.1, -0.05) is 40.0 Å². The van der Waals surface area contributed by atoms with Gasteiger partial charge in [0.05, 0.1) is 33.0 Å². The van der Waals surface area contributed by atoms with E-state index in [1.807, 2.05) is 6.07 Å². The molecule has 1 aliphatic rings. The van der Waals surface area contributed by atoms with Crippen LogP contribution in [0.4, 0.5) is 0 Å². The van der Waals surface area contributed by atoms with Crippen LogP contribution in [0.5, 0.6) is 11.5 Å². The molecule has 1 aromatic rings. The van der Waals surface area contributed by atoms with Crippen LogP contribution >= 0.6 is 0 Å². The zero-order valence-electron chi connectivity index (χ0n) is 18.4. The maximum Gasteiger partial charge on any atom is 0.231 e. The van der Waals surface area contributed by atoms with Crippen molar-refractivity contribution in [2.24, 2.45) is 0 Å². The molecule has 0 aliphatic carbocycles. The second kappa shape index (κ2) is 17.1. The van der Waals surface area contributed by atoms with Gasteiger partial charge in [0.25, 0.3) is 0 Å². The van der Waals surface area contributed by atoms with Gasteiger partial charge < -0.3 is 23.7 Å². The second-order valence-corrected chi connectivity index (χ2v) is 7.86. The highest BCUT2D eigenvalue weighted by atomic mass is 27.0. The first-order valence-electron chi connectivity index (χ1n) is 10.9. The summed E-state index contributed by atoms with van der Waals surface area (Å²) in [5.41, 5.74) is 2.44. The molecule has 0 fully saturated rings. The van der Waals surface area contributed by atoms with Crippen molar-refractivity contribution in [1.29, 1.82) is 0 Å². The molecule has 1 aliphatic heterocycles. The molecular formula is C22H39AlO5. The molecule has 0 atom stereocenters. The highest BCUT2D eigenvalue weighted by Crippen LogP contribution is 2.35. The van der Waals surface area contributed by atoms with E-state index in [1.165, 1.54) is 39.1 Å². The number of benzene rings is 1. The van der Waals surface area contributed by atoms with Crippen LogP contribution in [0.25, 0.3) is 0 Å². The summed E-state index contributed by atoms with van der Waals surface area (Å²) in [6.07, 6.45) is 5.76. The minimum atomic E-state index is 0.305. The fraction of sp³-hybridized carbons (Fsp3) is 0.727. The number of hydrogen-bond acceptors (Lipinski definition) is 5. The molecule has 0 bridgehead atoms. The smallest absolute Gasteiger partial charge is 0.231 e. The molecule has 160 valence electrons. The molecule has 0 saturated heterocycles. The van der Waals surface area contributed by atoms with Crippen LogP contribution in [0.3, 0.4) is 0 Å². The topological polar surface area (TPSA) is 46.2 Å². The molecule has 0 unspecified atom stereocenters. The lowest BCUT2D eigenvalue weighted by molar-refractivity contribution is 0.0101. The van der Waals surface area contributed by atoms with Gasteiger partial charge in [-0.3, -0.25) is 0 Å². The van der Waals surface area contributed by atoms with E-state index in [4.69, 9.17) is 23.7 Å². The summed E-state index contributed by atoms with van der Waals surface area (Å²) in [6, 6.07) is 4.12. The quantitative estimate of drug-likeness (QED) is 0.340. The Balaban J connectivity index is 0.000000892. The Labute approximate surface area is 179 Å². The van der Waals surface area contributed by atoms with E-state index in [9.17, 15) is 0 Å². The van der Waals surface area contributed by atoms with Gasteiger partial charge in [0.2, 0.25) is 23.1 Å². The minimum absolute atomic E-state index is 0.305. The summed E-state index contributed by atoms with van der Waals surface area (Å²) in [4.78, 5) is 0. The molecule has 0 saturated carbocycles. The van der Waals surface area contributed by atoms with Crippen molar-refractivity contribution in [1.82, 2.24) is 0 Å². The second-order valence-electron chi connectivity index (χ2n) is 6.86. The van der Waals surface area contributed by atoms with E-state index < -0.39 is 0 Å². The maximum atomic E-state index is 5.75. The summed E-state index contributed by atoms with van der Waals surface area (Å²) in [5.74, 6) is 1.66. The third-order valence-electron chi connectivity index (χ3n) is 4.36. The number of aryl methyl sites for hydroxylation is 1. The molecule has 1 aromatic carbocycles. The molecule has 0 amide bonds. The van der Waals surface area contributed by atoms with E-state index in [2.05, 4.69) is 26.8 Å². The van der Waals surface area contributed by atoms with Crippen molar-refractivity contribution < 1.29 is 23.7 Å². The first kappa shape index (κ1) is 25.3. The number of rotatable bonds is 14. The number of hydrogen-bond donors (Lipinski definition) is 0. The zero-order valence-corrected chi connectivity index (χ0v) is 20.4. The molecule has 6 heteroatoms. The molecule has 28 heavy (non-hydrogen) atoms. The third kappa shape index (κ3) is 10.7. The van der Waals surface area contributed by atoms with Gasteiger partial charge in [0.1, 0.15) is 0 Å². The van der Waals surface area contributed by atoms with Crippen LogP contribution in [0.1, 0.15) is 57.6 Å². The first-order valence-corrected chi connectivity index (χ1v) is 12.3. The summed E-state index contributed by atoms with van der Waals surface area (Å²) < 4.78 is 27.6. The normalized spacial score (nSPS) is 12.0. The highest BCUT2D eigenvalue weighted by molar-refractivity contribution is 6.08. The van der Waals surface area contributed by atoms with Gasteiger partial charge in [0, 0.05) is 6.61 Å². The Hall–Kier alpha value is -0.768. The van der Waals surface area contributed by atoms with E-state index >= 15 is 0 Å². The van der Waals surface area contributed by atoms with Crippen LogP contribution in [-0.2, 0) is 27.2 Å². The predicted molar refractivity (Wildman–Crippen MR) is 116 cm³/mol. The lowest BCUT2D eigenvalue weighted by Gasteiger charge is -2.11. The third-order valence-corrected chi connectivity index (χ3v) is 5.36. The Kier molecular flexibility index (Phi) is 15.5. The molecule has 0 N–H and O–H groups in total. The lowest BCUT2D eigenvalue weighted by Crippen LogP contribution is -2.10. The molecule has 5 nitrogen and oxygen atoms in total. The average Bonchev–Trinajstić information content (AvgIpc) is 3.17. The van der Waals surface area contributed by atoms with Crippen LogP contribution in [-0.4, -0.2) is 56.1 Å². The Morgan fingerprint density at radius 1 is 0.786 bits per heavy atom. The van der Waals surface area contributed by atoms with Crippen molar-refractivity contribution in [3.05, 3.63) is 23.3 Å². The van der Waals surface area contributed by atoms with Gasteiger partial charge in [-0.25, -0.2) is 0 Å². The van der Waals surface area contributed by atoms with E-state index in [0.717, 1.165) is 43.8 Å². The minimum Gasteiger partial charge on any atom is -0.454 e. The van der Waals surface area contributed by atoms with Crippen LogP contribution in [0, 0.1) is 0 Å². The van der Waals surface area contributed by atoms with Crippen molar-refractivity contribution in [3.8, 4) is 11.5 Å². The standard InChI is InChI=1S/C19H30O5.C3H7.Al.2H/c1-3-5-7-20-8-9-21-10-11-22-14-17-13-19-18(23-15-24-19)12-16(17)6-4-2;1-3-2;;;/h12-13H,3-11,14-15H2,1-2H3;1,3H2,2H3;;;. The van der Waals surface area contributed by atoms with Crippen molar-refractivity contribution >= 4 is 16.3 Å². The fourth-order valence-corrected chi connectivity index (χ4v) is 2.53. The fourth-order valence-electron chi connectivity index (χ4n) is 2.53.